The van der Waals surface area contributed by atoms with Crippen molar-refractivity contribution >= 4 is 14.2 Å². The SMILES string of the molecule is CC=C[C@@H](O)C(C)[C@H](O[Si](C)(C)C(C)(C)C)C(C)C(N)=O. The predicted molar refractivity (Wildman–Crippen MR) is 90.4 cm³/mol. The first-order valence-corrected chi connectivity index (χ1v) is 10.5. The lowest BCUT2D eigenvalue weighted by Crippen LogP contribution is -2.51. The van der Waals surface area contributed by atoms with Crippen molar-refractivity contribution in [2.24, 2.45) is 17.6 Å². The number of nitrogens with two attached hydrogens (primary N) is 1. The summed E-state index contributed by atoms with van der Waals surface area (Å²) in [5.74, 6) is -1.02. The van der Waals surface area contributed by atoms with Crippen LogP contribution in [-0.4, -0.2) is 31.5 Å². The van der Waals surface area contributed by atoms with Crippen LogP contribution in [0.1, 0.15) is 41.5 Å². The summed E-state index contributed by atoms with van der Waals surface area (Å²) >= 11 is 0. The highest BCUT2D eigenvalue weighted by Gasteiger charge is 2.43. The van der Waals surface area contributed by atoms with Crippen LogP contribution >= 0.6 is 0 Å². The van der Waals surface area contributed by atoms with Crippen LogP contribution in [0.4, 0.5) is 0 Å². The van der Waals surface area contributed by atoms with E-state index >= 15 is 0 Å². The molecule has 1 amide bonds. The molecule has 5 heteroatoms. The van der Waals surface area contributed by atoms with E-state index in [1.165, 1.54) is 0 Å². The van der Waals surface area contributed by atoms with Crippen LogP contribution in [0, 0.1) is 11.8 Å². The van der Waals surface area contributed by atoms with Gasteiger partial charge in [-0.25, -0.2) is 0 Å². The molecule has 0 aliphatic heterocycles. The summed E-state index contributed by atoms with van der Waals surface area (Å²) in [4.78, 5) is 11.6. The van der Waals surface area contributed by atoms with Gasteiger partial charge in [-0.2, -0.15) is 0 Å². The fourth-order valence-electron chi connectivity index (χ4n) is 1.91. The molecule has 0 saturated heterocycles. The van der Waals surface area contributed by atoms with Gasteiger partial charge in [0, 0.05) is 5.92 Å². The Morgan fingerprint density at radius 1 is 1.29 bits per heavy atom. The second-order valence-electron chi connectivity index (χ2n) is 7.41. The number of amides is 1. The highest BCUT2D eigenvalue weighted by atomic mass is 28.4. The van der Waals surface area contributed by atoms with E-state index in [0.29, 0.717) is 0 Å². The standard InChI is InChI=1S/C16H33NO3Si/c1-9-10-13(18)11(2)14(12(3)15(17)19)20-21(7,8)16(4,5)6/h9-14,18H,1-8H3,(H2,17,19)/t11?,12?,13-,14+/m1/s1. The van der Waals surface area contributed by atoms with Crippen LogP contribution in [0.5, 0.6) is 0 Å². The summed E-state index contributed by atoms with van der Waals surface area (Å²) in [5, 5.41) is 10.3. The van der Waals surface area contributed by atoms with Crippen LogP contribution < -0.4 is 5.73 Å². The Hall–Kier alpha value is -0.653. The third-order valence-corrected chi connectivity index (χ3v) is 9.10. The zero-order valence-corrected chi connectivity index (χ0v) is 15.8. The summed E-state index contributed by atoms with van der Waals surface area (Å²) < 4.78 is 6.40. The molecule has 0 aromatic heterocycles. The van der Waals surface area contributed by atoms with Crippen LogP contribution in [-0.2, 0) is 9.22 Å². The van der Waals surface area contributed by atoms with E-state index in [4.69, 9.17) is 10.2 Å². The predicted octanol–water partition coefficient (Wildman–Crippen LogP) is 3.07. The second kappa shape index (κ2) is 7.56. The molecule has 0 aromatic rings. The third-order valence-electron chi connectivity index (χ3n) is 4.63. The number of aliphatic hydroxyl groups is 1. The molecule has 0 aliphatic carbocycles. The monoisotopic (exact) mass is 315 g/mol. The minimum Gasteiger partial charge on any atom is -0.413 e. The molecule has 0 aliphatic rings. The maximum atomic E-state index is 11.6. The molecule has 124 valence electrons. The smallest absolute Gasteiger partial charge is 0.222 e. The molecule has 0 fully saturated rings. The summed E-state index contributed by atoms with van der Waals surface area (Å²) in [6.07, 6.45) is 2.50. The van der Waals surface area contributed by atoms with Gasteiger partial charge >= 0.3 is 0 Å². The van der Waals surface area contributed by atoms with Gasteiger partial charge in [0.2, 0.25) is 5.91 Å². The second-order valence-corrected chi connectivity index (χ2v) is 12.2. The first kappa shape index (κ1) is 20.3. The van der Waals surface area contributed by atoms with Gasteiger partial charge in [-0.3, -0.25) is 4.79 Å². The largest absolute Gasteiger partial charge is 0.413 e. The molecule has 4 nitrogen and oxygen atoms in total. The number of hydrogen-bond donors (Lipinski definition) is 2. The molecule has 0 bridgehead atoms. The van der Waals surface area contributed by atoms with Crippen molar-refractivity contribution in [2.45, 2.75) is 71.9 Å². The molecule has 3 N–H and O–H groups in total. The van der Waals surface area contributed by atoms with E-state index in [9.17, 15) is 9.90 Å². The first-order chi connectivity index (χ1) is 9.35. The lowest BCUT2D eigenvalue weighted by Gasteiger charge is -2.42. The molecule has 0 spiro atoms. The quantitative estimate of drug-likeness (QED) is 0.560. The molecule has 0 saturated carbocycles. The Balaban J connectivity index is 5.40. The molecule has 0 aromatic carbocycles. The van der Waals surface area contributed by atoms with E-state index in [2.05, 4.69) is 33.9 Å². The average molecular weight is 316 g/mol. The third kappa shape index (κ3) is 5.56. The van der Waals surface area contributed by atoms with Crippen molar-refractivity contribution in [2.75, 3.05) is 0 Å². The fourth-order valence-corrected chi connectivity index (χ4v) is 3.36. The minimum absolute atomic E-state index is 0.0356. The molecule has 0 rings (SSSR count). The lowest BCUT2D eigenvalue weighted by atomic mass is 9.89. The maximum Gasteiger partial charge on any atom is 0.222 e. The molecular formula is C16H33NO3Si. The van der Waals surface area contributed by atoms with Crippen molar-refractivity contribution in [3.63, 3.8) is 0 Å². The molecule has 2 unspecified atom stereocenters. The van der Waals surface area contributed by atoms with E-state index in [1.54, 1.807) is 19.1 Å². The van der Waals surface area contributed by atoms with Crippen molar-refractivity contribution in [3.8, 4) is 0 Å². The van der Waals surface area contributed by atoms with Crippen molar-refractivity contribution in [1.82, 2.24) is 0 Å². The van der Waals surface area contributed by atoms with Crippen LogP contribution in [0.3, 0.4) is 0 Å². The first-order valence-electron chi connectivity index (χ1n) is 7.63. The van der Waals surface area contributed by atoms with Gasteiger partial charge in [-0.1, -0.05) is 46.8 Å². The average Bonchev–Trinajstić information content (AvgIpc) is 2.33. The molecule has 0 heterocycles. The molecule has 4 atom stereocenters. The highest BCUT2D eigenvalue weighted by Crippen LogP contribution is 2.39. The van der Waals surface area contributed by atoms with Crippen molar-refractivity contribution < 1.29 is 14.3 Å². The Morgan fingerprint density at radius 3 is 2.10 bits per heavy atom. The van der Waals surface area contributed by atoms with Gasteiger partial charge < -0.3 is 15.3 Å². The van der Waals surface area contributed by atoms with Gasteiger partial charge in [-0.15, -0.1) is 0 Å². The lowest BCUT2D eigenvalue weighted by molar-refractivity contribution is -0.126. The van der Waals surface area contributed by atoms with Crippen LogP contribution in [0.25, 0.3) is 0 Å². The van der Waals surface area contributed by atoms with Gasteiger partial charge in [0.05, 0.1) is 18.1 Å². The number of rotatable bonds is 7. The van der Waals surface area contributed by atoms with E-state index in [1.807, 2.05) is 13.8 Å². The Kier molecular flexibility index (Phi) is 7.33. The summed E-state index contributed by atoms with van der Waals surface area (Å²) in [7, 11) is -2.05. The number of carbonyl (C=O) groups excluding carboxylic acids is 1. The van der Waals surface area contributed by atoms with Gasteiger partial charge in [0.15, 0.2) is 8.32 Å². The normalized spacial score (nSPS) is 19.3. The number of primary amides is 1. The summed E-state index contributed by atoms with van der Waals surface area (Å²) in [6.45, 7) is 16.3. The summed E-state index contributed by atoms with van der Waals surface area (Å²) in [6, 6.07) is 0. The highest BCUT2D eigenvalue weighted by molar-refractivity contribution is 6.74. The van der Waals surface area contributed by atoms with Crippen LogP contribution in [0.2, 0.25) is 18.1 Å². The minimum atomic E-state index is -2.05. The fraction of sp³-hybridized carbons (Fsp3) is 0.812. The zero-order valence-electron chi connectivity index (χ0n) is 14.8. The number of carbonyl (C=O) groups is 1. The number of allylic oxidation sites excluding steroid dienone is 1. The van der Waals surface area contributed by atoms with Gasteiger partial charge in [0.25, 0.3) is 0 Å². The van der Waals surface area contributed by atoms with Gasteiger partial charge in [-0.05, 0) is 25.1 Å². The number of hydrogen-bond acceptors (Lipinski definition) is 3. The zero-order chi connectivity index (χ0) is 17.0. The van der Waals surface area contributed by atoms with E-state index in [0.717, 1.165) is 0 Å². The maximum absolute atomic E-state index is 11.6. The Bertz CT molecular complexity index is 374. The molecular weight excluding hydrogens is 282 g/mol. The summed E-state index contributed by atoms with van der Waals surface area (Å²) in [5.41, 5.74) is 5.47. The van der Waals surface area contributed by atoms with Crippen molar-refractivity contribution in [3.05, 3.63) is 12.2 Å². The van der Waals surface area contributed by atoms with Crippen molar-refractivity contribution in [1.29, 1.82) is 0 Å². The Labute approximate surface area is 130 Å². The van der Waals surface area contributed by atoms with Gasteiger partial charge in [0.1, 0.15) is 0 Å². The van der Waals surface area contributed by atoms with E-state index < -0.39 is 26.2 Å². The van der Waals surface area contributed by atoms with Crippen LogP contribution in [0.15, 0.2) is 12.2 Å². The topological polar surface area (TPSA) is 72.6 Å². The van der Waals surface area contributed by atoms with E-state index in [-0.39, 0.29) is 17.1 Å². The molecule has 21 heavy (non-hydrogen) atoms. The number of aliphatic hydroxyl groups excluding tert-OH is 1. The Morgan fingerprint density at radius 2 is 1.76 bits per heavy atom. The molecule has 0 radical (unpaired) electrons.